The minimum Gasteiger partial charge on any atom is -0.475 e. The van der Waals surface area contributed by atoms with E-state index in [2.05, 4.69) is 24.1 Å². The van der Waals surface area contributed by atoms with Gasteiger partial charge in [0.25, 0.3) is 0 Å². The maximum atomic E-state index is 5.68. The van der Waals surface area contributed by atoms with Crippen molar-refractivity contribution in [1.29, 1.82) is 0 Å². The van der Waals surface area contributed by atoms with Gasteiger partial charge in [-0.2, -0.15) is 4.98 Å². The Morgan fingerprint density at radius 1 is 1.19 bits per heavy atom. The maximum Gasteiger partial charge on any atom is 0.218 e. The number of rotatable bonds is 7. The van der Waals surface area contributed by atoms with Gasteiger partial charge in [0, 0.05) is 25.1 Å². The summed E-state index contributed by atoms with van der Waals surface area (Å²) in [6, 6.07) is 2.22. The molecule has 1 N–H and O–H groups in total. The molecule has 1 heterocycles. The van der Waals surface area contributed by atoms with Gasteiger partial charge in [-0.25, -0.2) is 4.98 Å². The van der Waals surface area contributed by atoms with Crippen LogP contribution in [0.25, 0.3) is 0 Å². The van der Waals surface area contributed by atoms with Gasteiger partial charge in [0.2, 0.25) is 5.88 Å². The van der Waals surface area contributed by atoms with Gasteiger partial charge in [-0.1, -0.05) is 19.3 Å². The average Bonchev–Trinajstić information content (AvgIpc) is 2.47. The van der Waals surface area contributed by atoms with Gasteiger partial charge in [0.1, 0.15) is 18.2 Å². The van der Waals surface area contributed by atoms with Crippen LogP contribution in [-0.2, 0) is 4.74 Å². The molecule has 0 bridgehead atoms. The molecular formula is C16H27N3O2. The molecule has 5 heteroatoms. The summed E-state index contributed by atoms with van der Waals surface area (Å²) in [6.45, 7) is 5.29. The van der Waals surface area contributed by atoms with E-state index in [1.807, 2.05) is 6.07 Å². The first-order valence-corrected chi connectivity index (χ1v) is 7.96. The molecule has 1 aromatic rings. The molecular weight excluding hydrogens is 266 g/mol. The molecule has 118 valence electrons. The summed E-state index contributed by atoms with van der Waals surface area (Å²) in [5, 5.41) is 3.35. The van der Waals surface area contributed by atoms with Gasteiger partial charge in [-0.15, -0.1) is 0 Å². The standard InChI is InChI=1S/C16H27N3O2/c1-12(2)17-14-11-15(21-10-9-20-3)19-16(18-14)13-7-5-4-6-8-13/h11-13H,4-10H2,1-3H3,(H,17,18,19). The number of hydrogen-bond donors (Lipinski definition) is 1. The molecule has 0 saturated heterocycles. The van der Waals surface area contributed by atoms with Crippen molar-refractivity contribution in [1.82, 2.24) is 9.97 Å². The van der Waals surface area contributed by atoms with Crippen LogP contribution in [0.5, 0.6) is 5.88 Å². The lowest BCUT2D eigenvalue weighted by Gasteiger charge is -2.21. The summed E-state index contributed by atoms with van der Waals surface area (Å²) in [5.74, 6) is 2.89. The van der Waals surface area contributed by atoms with Gasteiger partial charge in [0.05, 0.1) is 6.61 Å². The van der Waals surface area contributed by atoms with Gasteiger partial charge in [-0.3, -0.25) is 0 Å². The molecule has 0 aromatic carbocycles. The quantitative estimate of drug-likeness (QED) is 0.781. The zero-order chi connectivity index (χ0) is 15.1. The van der Waals surface area contributed by atoms with Gasteiger partial charge >= 0.3 is 0 Å². The Morgan fingerprint density at radius 3 is 2.62 bits per heavy atom. The van der Waals surface area contributed by atoms with Gasteiger partial charge < -0.3 is 14.8 Å². The first-order valence-electron chi connectivity index (χ1n) is 7.96. The Bertz CT molecular complexity index is 432. The SMILES string of the molecule is COCCOc1cc(NC(C)C)nc(C2CCCCC2)n1. The van der Waals surface area contributed by atoms with Crippen molar-refractivity contribution in [3.05, 3.63) is 11.9 Å². The Morgan fingerprint density at radius 2 is 1.95 bits per heavy atom. The number of methoxy groups -OCH3 is 1. The fraction of sp³-hybridized carbons (Fsp3) is 0.750. The number of hydrogen-bond acceptors (Lipinski definition) is 5. The first-order chi connectivity index (χ1) is 10.2. The first kappa shape index (κ1) is 16.0. The zero-order valence-electron chi connectivity index (χ0n) is 13.4. The van der Waals surface area contributed by atoms with E-state index >= 15 is 0 Å². The van der Waals surface area contributed by atoms with Crippen molar-refractivity contribution in [3.63, 3.8) is 0 Å². The van der Waals surface area contributed by atoms with Crippen LogP contribution in [0.3, 0.4) is 0 Å². The second kappa shape index (κ2) is 8.17. The van der Waals surface area contributed by atoms with E-state index in [4.69, 9.17) is 14.5 Å². The summed E-state index contributed by atoms with van der Waals surface area (Å²) in [6.07, 6.45) is 6.24. The van der Waals surface area contributed by atoms with E-state index < -0.39 is 0 Å². The van der Waals surface area contributed by atoms with Crippen LogP contribution < -0.4 is 10.1 Å². The third kappa shape index (κ3) is 5.16. The molecule has 0 spiro atoms. The molecule has 1 saturated carbocycles. The second-order valence-corrected chi connectivity index (χ2v) is 5.92. The monoisotopic (exact) mass is 293 g/mol. The van der Waals surface area contributed by atoms with E-state index in [1.54, 1.807) is 7.11 Å². The number of nitrogens with one attached hydrogen (secondary N) is 1. The molecule has 1 aliphatic rings. The summed E-state index contributed by atoms with van der Waals surface area (Å²) in [4.78, 5) is 9.30. The fourth-order valence-corrected chi connectivity index (χ4v) is 2.66. The Kier molecular flexibility index (Phi) is 6.23. The minimum atomic E-state index is 0.339. The van der Waals surface area contributed by atoms with Crippen molar-refractivity contribution in [2.24, 2.45) is 0 Å². The number of nitrogens with zero attached hydrogens (tertiary/aromatic N) is 2. The predicted molar refractivity (Wildman–Crippen MR) is 84.0 cm³/mol. The van der Waals surface area contributed by atoms with Crippen LogP contribution in [0.4, 0.5) is 5.82 Å². The lowest BCUT2D eigenvalue weighted by molar-refractivity contribution is 0.143. The topological polar surface area (TPSA) is 56.3 Å². The smallest absolute Gasteiger partial charge is 0.218 e. The zero-order valence-corrected chi connectivity index (χ0v) is 13.4. The Hall–Kier alpha value is -1.36. The third-order valence-corrected chi connectivity index (χ3v) is 3.66. The summed E-state index contributed by atoms with van der Waals surface area (Å²) >= 11 is 0. The van der Waals surface area contributed by atoms with Crippen LogP contribution in [-0.4, -0.2) is 36.3 Å². The highest BCUT2D eigenvalue weighted by atomic mass is 16.5. The van der Waals surface area contributed by atoms with Crippen molar-refractivity contribution >= 4 is 5.82 Å². The fourth-order valence-electron chi connectivity index (χ4n) is 2.66. The number of anilines is 1. The second-order valence-electron chi connectivity index (χ2n) is 5.92. The Labute approximate surface area is 127 Å². The molecule has 0 radical (unpaired) electrons. The molecule has 0 unspecified atom stereocenters. The highest BCUT2D eigenvalue weighted by Gasteiger charge is 2.20. The molecule has 1 aromatic heterocycles. The van der Waals surface area contributed by atoms with E-state index in [0.29, 0.717) is 31.1 Å². The van der Waals surface area contributed by atoms with Crippen molar-refractivity contribution in [2.75, 3.05) is 25.6 Å². The summed E-state index contributed by atoms with van der Waals surface area (Å²) in [5.41, 5.74) is 0. The largest absolute Gasteiger partial charge is 0.475 e. The van der Waals surface area contributed by atoms with Crippen molar-refractivity contribution in [3.8, 4) is 5.88 Å². The highest BCUT2D eigenvalue weighted by molar-refractivity contribution is 5.39. The van der Waals surface area contributed by atoms with E-state index in [0.717, 1.165) is 11.6 Å². The van der Waals surface area contributed by atoms with Gasteiger partial charge in [0.15, 0.2) is 0 Å². The summed E-state index contributed by atoms with van der Waals surface area (Å²) < 4.78 is 10.7. The van der Waals surface area contributed by atoms with Crippen LogP contribution >= 0.6 is 0 Å². The lowest BCUT2D eigenvalue weighted by Crippen LogP contribution is -2.16. The third-order valence-electron chi connectivity index (χ3n) is 3.66. The Balaban J connectivity index is 2.14. The van der Waals surface area contributed by atoms with Crippen LogP contribution in [0.2, 0.25) is 0 Å². The van der Waals surface area contributed by atoms with E-state index in [9.17, 15) is 0 Å². The molecule has 21 heavy (non-hydrogen) atoms. The minimum absolute atomic E-state index is 0.339. The highest BCUT2D eigenvalue weighted by Crippen LogP contribution is 2.32. The lowest BCUT2D eigenvalue weighted by atomic mass is 9.89. The van der Waals surface area contributed by atoms with Crippen LogP contribution in [0, 0.1) is 0 Å². The average molecular weight is 293 g/mol. The molecule has 0 atom stereocenters. The molecule has 1 aliphatic carbocycles. The van der Waals surface area contributed by atoms with Crippen LogP contribution in [0.1, 0.15) is 57.7 Å². The van der Waals surface area contributed by atoms with Gasteiger partial charge in [-0.05, 0) is 26.7 Å². The van der Waals surface area contributed by atoms with E-state index in [1.165, 1.54) is 32.1 Å². The molecule has 0 amide bonds. The van der Waals surface area contributed by atoms with Crippen molar-refractivity contribution in [2.45, 2.75) is 57.9 Å². The molecule has 0 aliphatic heterocycles. The molecule has 2 rings (SSSR count). The number of aromatic nitrogens is 2. The number of ether oxygens (including phenoxy) is 2. The van der Waals surface area contributed by atoms with E-state index in [-0.39, 0.29) is 0 Å². The molecule has 5 nitrogen and oxygen atoms in total. The predicted octanol–water partition coefficient (Wildman–Crippen LogP) is 3.37. The molecule has 1 fully saturated rings. The van der Waals surface area contributed by atoms with Crippen LogP contribution in [0.15, 0.2) is 6.07 Å². The van der Waals surface area contributed by atoms with Crippen molar-refractivity contribution < 1.29 is 9.47 Å². The summed E-state index contributed by atoms with van der Waals surface area (Å²) in [7, 11) is 1.67. The maximum absolute atomic E-state index is 5.68. The normalized spacial score (nSPS) is 16.2.